The smallest absolute Gasteiger partial charge is 0.459 e. The Balaban J connectivity index is 0.00000432. The number of rotatable bonds is 10. The Morgan fingerprint density at radius 2 is 1.89 bits per heavy atom. The number of primary amides is 1. The third kappa shape index (κ3) is 7.21. The lowest BCUT2D eigenvalue weighted by Gasteiger charge is -2.24. The van der Waals surface area contributed by atoms with E-state index in [4.69, 9.17) is 19.5 Å². The molecule has 1 fully saturated rings. The molecule has 2 aromatic rings. The van der Waals surface area contributed by atoms with E-state index in [0.717, 1.165) is 0 Å². The van der Waals surface area contributed by atoms with Gasteiger partial charge in [0.1, 0.15) is 29.6 Å². The molecular formula is C21H27ClN3O9P. The van der Waals surface area contributed by atoms with Crippen LogP contribution in [0.3, 0.4) is 0 Å². The van der Waals surface area contributed by atoms with E-state index in [2.05, 4.69) is 9.82 Å². The number of carbonyl (C=O) groups is 2. The number of methoxy groups -OCH3 is 1. The van der Waals surface area contributed by atoms with E-state index >= 15 is 0 Å². The summed E-state index contributed by atoms with van der Waals surface area (Å²) in [6, 6.07) is 10.1. The van der Waals surface area contributed by atoms with Gasteiger partial charge in [0, 0.05) is 6.07 Å². The van der Waals surface area contributed by atoms with E-state index in [1.165, 1.54) is 43.1 Å². The van der Waals surface area contributed by atoms with E-state index in [1.807, 2.05) is 0 Å². The average molecular weight is 532 g/mol. The van der Waals surface area contributed by atoms with Crippen molar-refractivity contribution in [2.24, 2.45) is 5.73 Å². The predicted molar refractivity (Wildman–Crippen MR) is 116 cm³/mol. The number of nitrogens with one attached hydrogen (secondary N) is 1. The first kappa shape index (κ1) is 28.7. The zero-order valence-corrected chi connectivity index (χ0v) is 20.5. The fourth-order valence-electron chi connectivity index (χ4n) is 3.26. The Labute approximate surface area is 207 Å². The van der Waals surface area contributed by atoms with Crippen molar-refractivity contribution in [3.8, 4) is 5.75 Å². The Morgan fingerprint density at radius 3 is 2.51 bits per heavy atom. The average Bonchev–Trinajstić information content (AvgIpc) is 3.11. The molecule has 1 aromatic heterocycles. The van der Waals surface area contributed by atoms with Crippen molar-refractivity contribution in [2.45, 2.75) is 37.5 Å². The van der Waals surface area contributed by atoms with Crippen LogP contribution in [-0.4, -0.2) is 60.2 Å². The van der Waals surface area contributed by atoms with Gasteiger partial charge in [0.25, 0.3) is 12.1 Å². The number of hydrogen-bond acceptors (Lipinski definition) is 9. The summed E-state index contributed by atoms with van der Waals surface area (Å²) < 4.78 is 36.1. The second-order valence-corrected chi connectivity index (χ2v) is 9.22. The summed E-state index contributed by atoms with van der Waals surface area (Å²) in [4.78, 5) is 23.3. The zero-order chi connectivity index (χ0) is 24.9. The number of amides is 1. The maximum absolute atomic E-state index is 13.4. The van der Waals surface area contributed by atoms with Crippen molar-refractivity contribution < 1.29 is 59.9 Å². The molecule has 1 aromatic carbocycles. The zero-order valence-electron chi connectivity index (χ0n) is 18.9. The number of esters is 1. The second-order valence-electron chi connectivity index (χ2n) is 7.52. The van der Waals surface area contributed by atoms with Crippen LogP contribution in [0.4, 0.5) is 0 Å². The van der Waals surface area contributed by atoms with Crippen LogP contribution in [0.5, 0.6) is 5.75 Å². The highest BCUT2D eigenvalue weighted by Crippen LogP contribution is 2.45. The summed E-state index contributed by atoms with van der Waals surface area (Å²) in [7, 11) is -2.99. The SMILES string of the molecule is COC(=O)C(C)NP(=O)(OC[C@H]1O[C@@H]([n+]2cccc(C(N)=O)c2)[C@H](O)[C@@H]1O)Oc1ccccc1.[Cl-]. The van der Waals surface area contributed by atoms with Gasteiger partial charge >= 0.3 is 13.7 Å². The first-order valence-electron chi connectivity index (χ1n) is 10.3. The Morgan fingerprint density at radius 1 is 1.20 bits per heavy atom. The lowest BCUT2D eigenvalue weighted by Crippen LogP contribution is -3.00. The van der Waals surface area contributed by atoms with E-state index in [1.54, 1.807) is 30.3 Å². The molecule has 1 aliphatic rings. The molecule has 2 unspecified atom stereocenters. The highest BCUT2D eigenvalue weighted by atomic mass is 35.5. The molecule has 1 amide bonds. The van der Waals surface area contributed by atoms with Gasteiger partial charge in [-0.2, -0.15) is 9.65 Å². The first-order chi connectivity index (χ1) is 16.1. The van der Waals surface area contributed by atoms with Crippen LogP contribution in [0.1, 0.15) is 23.5 Å². The van der Waals surface area contributed by atoms with Crippen LogP contribution < -0.4 is 32.3 Å². The number of aliphatic hydroxyl groups excluding tert-OH is 2. The number of carbonyl (C=O) groups excluding carboxylic acids is 2. The van der Waals surface area contributed by atoms with E-state index in [9.17, 15) is 24.4 Å². The number of ether oxygens (including phenoxy) is 2. The maximum Gasteiger partial charge on any atom is 0.459 e. The summed E-state index contributed by atoms with van der Waals surface area (Å²) in [5.41, 5.74) is 5.47. The number of pyridine rings is 1. The molecule has 12 nitrogen and oxygen atoms in total. The molecule has 0 spiro atoms. The number of para-hydroxylation sites is 1. The molecule has 14 heteroatoms. The maximum atomic E-state index is 13.4. The Kier molecular flexibility index (Phi) is 10.2. The van der Waals surface area contributed by atoms with Crippen LogP contribution in [0.25, 0.3) is 0 Å². The van der Waals surface area contributed by atoms with Crippen LogP contribution in [0, 0.1) is 0 Å². The number of aliphatic hydroxyl groups is 2. The predicted octanol–water partition coefficient (Wildman–Crippen LogP) is -2.95. The van der Waals surface area contributed by atoms with Gasteiger partial charge < -0.3 is 42.4 Å². The van der Waals surface area contributed by atoms with Crippen LogP contribution >= 0.6 is 7.75 Å². The molecule has 0 saturated carbocycles. The number of benzene rings is 1. The molecule has 2 heterocycles. The minimum Gasteiger partial charge on any atom is -1.00 e. The van der Waals surface area contributed by atoms with Gasteiger partial charge in [-0.25, -0.2) is 4.57 Å². The molecule has 0 radical (unpaired) electrons. The number of nitrogens with zero attached hydrogens (tertiary/aromatic N) is 1. The Hall–Kier alpha value is -2.57. The van der Waals surface area contributed by atoms with Gasteiger partial charge in [-0.15, -0.1) is 0 Å². The summed E-state index contributed by atoms with van der Waals surface area (Å²) in [6.07, 6.45) is -2.10. The van der Waals surface area contributed by atoms with Crippen molar-refractivity contribution in [3.05, 3.63) is 60.4 Å². The van der Waals surface area contributed by atoms with Crippen LogP contribution in [-0.2, 0) is 23.4 Å². The van der Waals surface area contributed by atoms with Gasteiger partial charge in [-0.05, 0) is 25.1 Å². The van der Waals surface area contributed by atoms with Crippen molar-refractivity contribution in [3.63, 3.8) is 0 Å². The summed E-state index contributed by atoms with van der Waals surface area (Å²) in [5.74, 6) is -1.16. The van der Waals surface area contributed by atoms with E-state index < -0.39 is 56.8 Å². The van der Waals surface area contributed by atoms with Gasteiger partial charge in [0.05, 0.1) is 13.7 Å². The fourth-order valence-corrected chi connectivity index (χ4v) is 4.76. The molecule has 1 aliphatic heterocycles. The molecule has 0 bridgehead atoms. The second kappa shape index (κ2) is 12.4. The van der Waals surface area contributed by atoms with Crippen LogP contribution in [0.15, 0.2) is 54.9 Å². The summed E-state index contributed by atoms with van der Waals surface area (Å²) in [6.45, 7) is 0.953. The quantitative estimate of drug-likeness (QED) is 0.141. The third-order valence-corrected chi connectivity index (χ3v) is 6.67. The first-order valence-corrected chi connectivity index (χ1v) is 11.8. The van der Waals surface area contributed by atoms with Crippen molar-refractivity contribution in [1.29, 1.82) is 0 Å². The molecule has 5 N–H and O–H groups in total. The minimum absolute atomic E-state index is 0. The number of hydrogen-bond donors (Lipinski definition) is 4. The van der Waals surface area contributed by atoms with Gasteiger partial charge in [-0.1, -0.05) is 18.2 Å². The largest absolute Gasteiger partial charge is 1.00 e. The number of aromatic nitrogens is 1. The van der Waals surface area contributed by atoms with E-state index in [-0.39, 0.29) is 23.7 Å². The molecule has 6 atom stereocenters. The summed E-state index contributed by atoms with van der Waals surface area (Å²) in [5, 5.41) is 23.4. The standard InChI is InChI=1S/C21H26N3O9P.ClH/c1-13(21(28)30-2)23-34(29,33-15-8-4-3-5-9-15)31-12-16-17(25)18(26)20(32-16)24-10-6-7-14(11-24)19(22)27;/h3-11,13,16-18,20,25-26H,12H2,1-2H3,(H2-,22,23,27,29);1H/t13?,16-,17-,18-,20-,34?;/m1./s1. The topological polar surface area (TPSA) is 171 Å². The van der Waals surface area contributed by atoms with Crippen molar-refractivity contribution >= 4 is 19.6 Å². The van der Waals surface area contributed by atoms with Crippen molar-refractivity contribution in [1.82, 2.24) is 5.09 Å². The third-order valence-electron chi connectivity index (χ3n) is 5.02. The van der Waals surface area contributed by atoms with Crippen molar-refractivity contribution in [2.75, 3.05) is 13.7 Å². The lowest BCUT2D eigenvalue weighted by molar-refractivity contribution is -0.765. The molecule has 3 rings (SSSR count). The number of halogens is 1. The molecular weight excluding hydrogens is 505 g/mol. The summed E-state index contributed by atoms with van der Waals surface area (Å²) >= 11 is 0. The van der Waals surface area contributed by atoms with Gasteiger partial charge in [0.2, 0.25) is 0 Å². The normalized spacial score (nSPS) is 24.0. The fraction of sp³-hybridized carbons (Fsp3) is 0.381. The van der Waals surface area contributed by atoms with Gasteiger partial charge in [0.15, 0.2) is 18.5 Å². The minimum atomic E-state index is -4.17. The molecule has 0 aliphatic carbocycles. The van der Waals surface area contributed by atoms with Crippen LogP contribution in [0.2, 0.25) is 0 Å². The highest BCUT2D eigenvalue weighted by Gasteiger charge is 2.49. The number of nitrogens with two attached hydrogens (primary N) is 1. The Bertz CT molecular complexity index is 1060. The van der Waals surface area contributed by atoms with E-state index in [0.29, 0.717) is 0 Å². The molecule has 1 saturated heterocycles. The molecule has 35 heavy (non-hydrogen) atoms. The molecule has 192 valence electrons. The lowest BCUT2D eigenvalue weighted by atomic mass is 10.1. The highest BCUT2D eigenvalue weighted by molar-refractivity contribution is 7.52. The van der Waals surface area contributed by atoms with Gasteiger partial charge in [-0.3, -0.25) is 14.1 Å². The monoisotopic (exact) mass is 531 g/mol.